The van der Waals surface area contributed by atoms with Gasteiger partial charge >= 0.3 is 0 Å². The van der Waals surface area contributed by atoms with Crippen molar-refractivity contribution in [2.45, 2.75) is 0 Å². The highest BCUT2D eigenvalue weighted by Gasteiger charge is 2.16. The molecule has 0 spiro atoms. The smallest absolute Gasteiger partial charge is 0.262 e. The fourth-order valence-electron chi connectivity index (χ4n) is 1.57. The van der Waals surface area contributed by atoms with Crippen molar-refractivity contribution < 1.29 is 14.7 Å². The zero-order chi connectivity index (χ0) is 13.4. The summed E-state index contributed by atoms with van der Waals surface area (Å²) >= 11 is 4.84. The molecular formula is C12H7BrN2O3S. The number of aromatic nitrogens is 2. The molecule has 7 heteroatoms. The standard InChI is InChI=1S/C12H7BrN2O3S/c13-9-5-4-8(19-9)11-14-12(18-15-11)6-2-1-3-7(16)10(6)17/h1-5,16-17H. The molecule has 0 aliphatic carbocycles. The van der Waals surface area contributed by atoms with Crippen molar-refractivity contribution in [1.82, 2.24) is 10.1 Å². The predicted octanol–water partition coefficient (Wildman–Crippen LogP) is 3.64. The van der Waals surface area contributed by atoms with Crippen molar-refractivity contribution in [2.24, 2.45) is 0 Å². The van der Waals surface area contributed by atoms with Gasteiger partial charge in [0.05, 0.1) is 14.2 Å². The number of thiophene rings is 1. The summed E-state index contributed by atoms with van der Waals surface area (Å²) in [5.41, 5.74) is 0.300. The highest BCUT2D eigenvalue weighted by Crippen LogP contribution is 2.36. The van der Waals surface area contributed by atoms with Gasteiger partial charge in [-0.05, 0) is 40.2 Å². The number of aromatic hydroxyl groups is 2. The van der Waals surface area contributed by atoms with Gasteiger partial charge in [-0.3, -0.25) is 0 Å². The number of para-hydroxylation sites is 1. The summed E-state index contributed by atoms with van der Waals surface area (Å²) in [5, 5.41) is 23.1. The average Bonchev–Trinajstić information content (AvgIpc) is 3.01. The third-order valence-electron chi connectivity index (χ3n) is 2.46. The topological polar surface area (TPSA) is 79.4 Å². The van der Waals surface area contributed by atoms with Crippen LogP contribution < -0.4 is 0 Å². The van der Waals surface area contributed by atoms with Crippen LogP contribution in [0.3, 0.4) is 0 Å². The van der Waals surface area contributed by atoms with Gasteiger partial charge in [0.15, 0.2) is 11.5 Å². The Morgan fingerprint density at radius 1 is 1.16 bits per heavy atom. The SMILES string of the molecule is Oc1cccc(-c2nc(-c3ccc(Br)s3)no2)c1O. The number of hydrogen-bond acceptors (Lipinski definition) is 6. The first kappa shape index (κ1) is 12.2. The van der Waals surface area contributed by atoms with Crippen LogP contribution in [-0.2, 0) is 0 Å². The van der Waals surface area contributed by atoms with Crippen LogP contribution in [0.4, 0.5) is 0 Å². The molecule has 0 radical (unpaired) electrons. The molecule has 1 aromatic carbocycles. The maximum absolute atomic E-state index is 9.75. The molecule has 0 unspecified atom stereocenters. The van der Waals surface area contributed by atoms with Crippen LogP contribution in [0.2, 0.25) is 0 Å². The number of phenols is 2. The van der Waals surface area contributed by atoms with Crippen molar-refractivity contribution in [3.63, 3.8) is 0 Å². The van der Waals surface area contributed by atoms with Gasteiger partial charge in [0.1, 0.15) is 0 Å². The Bertz CT molecular complexity index is 738. The van der Waals surface area contributed by atoms with E-state index >= 15 is 0 Å². The van der Waals surface area contributed by atoms with E-state index < -0.39 is 0 Å². The molecular weight excluding hydrogens is 332 g/mol. The van der Waals surface area contributed by atoms with E-state index in [0.29, 0.717) is 11.4 Å². The molecule has 0 bridgehead atoms. The highest BCUT2D eigenvalue weighted by molar-refractivity contribution is 9.11. The van der Waals surface area contributed by atoms with Crippen molar-refractivity contribution in [1.29, 1.82) is 0 Å². The lowest BCUT2D eigenvalue weighted by molar-refractivity contribution is 0.397. The van der Waals surface area contributed by atoms with E-state index in [2.05, 4.69) is 26.1 Å². The van der Waals surface area contributed by atoms with E-state index in [0.717, 1.165) is 8.66 Å². The predicted molar refractivity (Wildman–Crippen MR) is 74.1 cm³/mol. The molecule has 96 valence electrons. The van der Waals surface area contributed by atoms with E-state index in [4.69, 9.17) is 4.52 Å². The zero-order valence-electron chi connectivity index (χ0n) is 9.37. The second-order valence-electron chi connectivity index (χ2n) is 3.70. The van der Waals surface area contributed by atoms with Gasteiger partial charge in [0.2, 0.25) is 5.82 Å². The maximum atomic E-state index is 9.75. The minimum atomic E-state index is -0.273. The first-order chi connectivity index (χ1) is 9.15. The summed E-state index contributed by atoms with van der Waals surface area (Å²) < 4.78 is 6.08. The monoisotopic (exact) mass is 338 g/mol. The highest BCUT2D eigenvalue weighted by atomic mass is 79.9. The van der Waals surface area contributed by atoms with Crippen LogP contribution in [0.15, 0.2) is 38.6 Å². The van der Waals surface area contributed by atoms with Crippen LogP contribution in [0.1, 0.15) is 0 Å². The largest absolute Gasteiger partial charge is 0.504 e. The van der Waals surface area contributed by atoms with Crippen molar-refractivity contribution in [3.8, 4) is 33.7 Å². The molecule has 19 heavy (non-hydrogen) atoms. The average molecular weight is 339 g/mol. The molecule has 0 aliphatic heterocycles. The Balaban J connectivity index is 2.04. The maximum Gasteiger partial charge on any atom is 0.262 e. The normalized spacial score (nSPS) is 10.8. The molecule has 0 atom stereocenters. The van der Waals surface area contributed by atoms with Gasteiger partial charge < -0.3 is 14.7 Å². The van der Waals surface area contributed by atoms with E-state index in [1.54, 1.807) is 12.1 Å². The van der Waals surface area contributed by atoms with E-state index in [1.165, 1.54) is 17.4 Å². The van der Waals surface area contributed by atoms with E-state index in [1.807, 2.05) is 12.1 Å². The number of rotatable bonds is 2. The van der Waals surface area contributed by atoms with Crippen LogP contribution in [0.5, 0.6) is 11.5 Å². The first-order valence-electron chi connectivity index (χ1n) is 5.26. The Morgan fingerprint density at radius 3 is 2.74 bits per heavy atom. The lowest BCUT2D eigenvalue weighted by Crippen LogP contribution is -1.80. The molecule has 3 aromatic rings. The van der Waals surface area contributed by atoms with E-state index in [-0.39, 0.29) is 17.4 Å². The summed E-state index contributed by atoms with van der Waals surface area (Å²) in [5.74, 6) is 0.0996. The lowest BCUT2D eigenvalue weighted by atomic mass is 10.2. The molecule has 2 N–H and O–H groups in total. The molecule has 2 heterocycles. The summed E-state index contributed by atoms with van der Waals surface area (Å²) in [6.45, 7) is 0. The Hall–Kier alpha value is -1.86. The van der Waals surface area contributed by atoms with Crippen LogP contribution in [-0.4, -0.2) is 20.4 Å². The second-order valence-corrected chi connectivity index (χ2v) is 6.16. The van der Waals surface area contributed by atoms with Gasteiger partial charge in [-0.1, -0.05) is 11.2 Å². The number of phenolic OH excluding ortho intramolecular Hbond substituents is 2. The first-order valence-corrected chi connectivity index (χ1v) is 6.87. The van der Waals surface area contributed by atoms with Gasteiger partial charge in [-0.15, -0.1) is 11.3 Å². The molecule has 0 fully saturated rings. The number of nitrogens with zero attached hydrogens (tertiary/aromatic N) is 2. The molecule has 5 nitrogen and oxygen atoms in total. The summed E-state index contributed by atoms with van der Waals surface area (Å²) in [7, 11) is 0. The number of halogens is 1. The summed E-state index contributed by atoms with van der Waals surface area (Å²) in [4.78, 5) is 5.06. The quantitative estimate of drug-likeness (QED) is 0.697. The second kappa shape index (κ2) is 4.67. The van der Waals surface area contributed by atoms with Crippen LogP contribution >= 0.6 is 27.3 Å². The van der Waals surface area contributed by atoms with Crippen molar-refractivity contribution >= 4 is 27.3 Å². The van der Waals surface area contributed by atoms with Gasteiger partial charge in [0, 0.05) is 0 Å². The number of hydrogen-bond donors (Lipinski definition) is 2. The Kier molecular flexibility index (Phi) is 3.00. The third-order valence-corrected chi connectivity index (χ3v) is 4.08. The fraction of sp³-hybridized carbons (Fsp3) is 0. The molecule has 3 rings (SSSR count). The molecule has 0 saturated carbocycles. The molecule has 0 aliphatic rings. The zero-order valence-corrected chi connectivity index (χ0v) is 11.8. The number of benzene rings is 1. The van der Waals surface area contributed by atoms with Gasteiger partial charge in [-0.2, -0.15) is 4.98 Å². The molecule has 0 amide bonds. The molecule has 0 saturated heterocycles. The molecule has 2 aromatic heterocycles. The summed E-state index contributed by atoms with van der Waals surface area (Å²) in [6, 6.07) is 8.33. The summed E-state index contributed by atoms with van der Waals surface area (Å²) in [6.07, 6.45) is 0. The third kappa shape index (κ3) is 2.22. The van der Waals surface area contributed by atoms with Crippen molar-refractivity contribution in [2.75, 3.05) is 0 Å². The van der Waals surface area contributed by atoms with Crippen molar-refractivity contribution in [3.05, 3.63) is 34.1 Å². The lowest BCUT2D eigenvalue weighted by Gasteiger charge is -2.00. The van der Waals surface area contributed by atoms with Gasteiger partial charge in [0.25, 0.3) is 5.89 Å². The van der Waals surface area contributed by atoms with Crippen LogP contribution in [0, 0.1) is 0 Å². The Labute approximate surface area is 120 Å². The van der Waals surface area contributed by atoms with E-state index in [9.17, 15) is 10.2 Å². The Morgan fingerprint density at radius 2 is 2.00 bits per heavy atom. The van der Waals surface area contributed by atoms with Gasteiger partial charge in [-0.25, -0.2) is 0 Å². The fourth-order valence-corrected chi connectivity index (χ4v) is 2.88. The van der Waals surface area contributed by atoms with Crippen LogP contribution in [0.25, 0.3) is 22.2 Å². The minimum Gasteiger partial charge on any atom is -0.504 e. The minimum absolute atomic E-state index is 0.160.